The van der Waals surface area contributed by atoms with E-state index in [0.717, 1.165) is 0 Å². The maximum Gasteiger partial charge on any atom is 0.336 e. The van der Waals surface area contributed by atoms with Gasteiger partial charge in [-0.1, -0.05) is 48.5 Å². The molecule has 0 spiro atoms. The van der Waals surface area contributed by atoms with Gasteiger partial charge in [-0.25, -0.2) is 19.2 Å². The number of benzene rings is 4. The highest BCUT2D eigenvalue weighted by molar-refractivity contribution is 6.17. The number of fused-ring (bicyclic) bond motifs is 8. The van der Waals surface area contributed by atoms with Crippen molar-refractivity contribution in [1.82, 2.24) is 0 Å². The minimum absolute atomic E-state index is 0.105. The summed E-state index contributed by atoms with van der Waals surface area (Å²) in [5.74, 6) is -5.19. The highest BCUT2D eigenvalue weighted by Crippen LogP contribution is 2.51. The van der Waals surface area contributed by atoms with Crippen LogP contribution >= 0.6 is 0 Å². The molecule has 4 aromatic carbocycles. The monoisotopic (exact) mass is 480 g/mol. The molecule has 4 N–H and O–H groups in total. The molecule has 0 saturated heterocycles. The first kappa shape index (κ1) is 22.5. The molecule has 0 amide bonds. The Balaban J connectivity index is 2.15. The molecule has 0 atom stereocenters. The van der Waals surface area contributed by atoms with E-state index in [-0.39, 0.29) is 66.8 Å². The Morgan fingerprint density at radius 2 is 0.556 bits per heavy atom. The molecule has 4 aromatic rings. The van der Waals surface area contributed by atoms with Crippen LogP contribution in [0.5, 0.6) is 0 Å². The van der Waals surface area contributed by atoms with Gasteiger partial charge in [-0.3, -0.25) is 0 Å². The molecule has 5 rings (SSSR count). The van der Waals surface area contributed by atoms with Crippen molar-refractivity contribution in [2.75, 3.05) is 0 Å². The Bertz CT molecular complexity index is 1400. The van der Waals surface area contributed by atoms with Crippen LogP contribution in [-0.4, -0.2) is 44.3 Å². The molecular formula is C28H16O8. The number of hydrogen-bond acceptors (Lipinski definition) is 4. The molecule has 1 aliphatic rings. The van der Waals surface area contributed by atoms with Gasteiger partial charge in [-0.05, 0) is 46.5 Å². The van der Waals surface area contributed by atoms with Gasteiger partial charge < -0.3 is 20.4 Å². The molecule has 176 valence electrons. The Morgan fingerprint density at radius 1 is 0.361 bits per heavy atom. The third kappa shape index (κ3) is 3.24. The number of rotatable bonds is 4. The molecule has 0 aromatic heterocycles. The first-order chi connectivity index (χ1) is 17.2. The minimum atomic E-state index is -1.30. The van der Waals surface area contributed by atoms with Gasteiger partial charge in [0.1, 0.15) is 0 Å². The molecule has 0 radical (unpaired) electrons. The third-order valence-electron chi connectivity index (χ3n) is 6.26. The number of carboxylic acid groups (broad SMARTS) is 4. The van der Waals surface area contributed by atoms with E-state index in [9.17, 15) is 39.6 Å². The van der Waals surface area contributed by atoms with Crippen LogP contribution in [0.3, 0.4) is 0 Å². The van der Waals surface area contributed by atoms with Crippen molar-refractivity contribution in [3.05, 3.63) is 95.1 Å². The van der Waals surface area contributed by atoms with Crippen LogP contribution in [0.4, 0.5) is 0 Å². The molecule has 0 saturated carbocycles. The lowest BCUT2D eigenvalue weighted by Gasteiger charge is -2.27. The van der Waals surface area contributed by atoms with E-state index < -0.39 is 23.9 Å². The van der Waals surface area contributed by atoms with Crippen molar-refractivity contribution in [2.45, 2.75) is 0 Å². The fourth-order valence-electron chi connectivity index (χ4n) is 4.88. The molecule has 36 heavy (non-hydrogen) atoms. The highest BCUT2D eigenvalue weighted by Gasteiger charge is 2.33. The molecule has 1 aliphatic carbocycles. The zero-order valence-electron chi connectivity index (χ0n) is 18.4. The van der Waals surface area contributed by atoms with E-state index in [4.69, 9.17) is 0 Å². The van der Waals surface area contributed by atoms with Gasteiger partial charge in [0.05, 0.1) is 22.3 Å². The zero-order chi connectivity index (χ0) is 25.7. The summed E-state index contributed by atoms with van der Waals surface area (Å²) < 4.78 is 0. The third-order valence-corrected chi connectivity index (χ3v) is 6.26. The van der Waals surface area contributed by atoms with Gasteiger partial charge in [0, 0.05) is 22.3 Å². The topological polar surface area (TPSA) is 149 Å². The van der Waals surface area contributed by atoms with E-state index in [1.54, 1.807) is 48.5 Å². The summed E-state index contributed by atoms with van der Waals surface area (Å²) in [5.41, 5.74) is 0.811. The maximum atomic E-state index is 12.3. The van der Waals surface area contributed by atoms with Crippen molar-refractivity contribution in [3.8, 4) is 44.5 Å². The predicted octanol–water partition coefficient (Wildman–Crippen LogP) is 5.46. The van der Waals surface area contributed by atoms with Crippen LogP contribution in [0.1, 0.15) is 41.4 Å². The van der Waals surface area contributed by atoms with Gasteiger partial charge in [0.15, 0.2) is 0 Å². The van der Waals surface area contributed by atoms with E-state index >= 15 is 0 Å². The Hall–Kier alpha value is -5.24. The smallest absolute Gasteiger partial charge is 0.336 e. The van der Waals surface area contributed by atoms with Crippen molar-refractivity contribution >= 4 is 23.9 Å². The Morgan fingerprint density at radius 3 is 0.722 bits per heavy atom. The van der Waals surface area contributed by atoms with Gasteiger partial charge in [0.25, 0.3) is 0 Å². The first-order valence-electron chi connectivity index (χ1n) is 10.7. The fraction of sp³-hybridized carbons (Fsp3) is 0. The second kappa shape index (κ2) is 8.21. The first-order valence-corrected chi connectivity index (χ1v) is 10.7. The summed E-state index contributed by atoms with van der Waals surface area (Å²) in [6.45, 7) is 0. The molecule has 0 fully saturated rings. The van der Waals surface area contributed by atoms with Crippen LogP contribution in [-0.2, 0) is 0 Å². The van der Waals surface area contributed by atoms with Crippen LogP contribution in [0.2, 0.25) is 0 Å². The summed E-state index contributed by atoms with van der Waals surface area (Å²) in [7, 11) is 0. The quantitative estimate of drug-likeness (QED) is 0.265. The van der Waals surface area contributed by atoms with Crippen molar-refractivity contribution in [3.63, 3.8) is 0 Å². The minimum Gasteiger partial charge on any atom is -0.478 e. The van der Waals surface area contributed by atoms with E-state index in [1.165, 1.54) is 24.3 Å². The summed E-state index contributed by atoms with van der Waals surface area (Å²) >= 11 is 0. The lowest BCUT2D eigenvalue weighted by Crippen LogP contribution is -2.12. The largest absolute Gasteiger partial charge is 0.478 e. The van der Waals surface area contributed by atoms with Crippen LogP contribution in [0.15, 0.2) is 72.8 Å². The van der Waals surface area contributed by atoms with Crippen LogP contribution in [0, 0.1) is 0 Å². The molecule has 0 aliphatic heterocycles. The maximum absolute atomic E-state index is 12.3. The summed E-state index contributed by atoms with van der Waals surface area (Å²) in [6, 6.07) is 17.6. The average Bonchev–Trinajstić information content (AvgIpc) is 2.85. The summed E-state index contributed by atoms with van der Waals surface area (Å²) in [6.07, 6.45) is 0. The molecule has 8 nitrogen and oxygen atoms in total. The lowest BCUT2D eigenvalue weighted by atomic mass is 9.75. The Kier molecular flexibility index (Phi) is 5.14. The molecule has 0 bridgehead atoms. The second-order valence-electron chi connectivity index (χ2n) is 8.13. The fourth-order valence-corrected chi connectivity index (χ4v) is 4.88. The van der Waals surface area contributed by atoms with E-state index in [2.05, 4.69) is 0 Å². The van der Waals surface area contributed by atoms with Crippen LogP contribution in [0.25, 0.3) is 44.5 Å². The number of hydrogen-bond donors (Lipinski definition) is 4. The number of aromatic carboxylic acids is 4. The van der Waals surface area contributed by atoms with Crippen LogP contribution < -0.4 is 0 Å². The second-order valence-corrected chi connectivity index (χ2v) is 8.13. The summed E-state index contributed by atoms with van der Waals surface area (Å²) in [5, 5.41) is 40.2. The van der Waals surface area contributed by atoms with Gasteiger partial charge in [-0.2, -0.15) is 0 Å². The number of carbonyl (C=O) groups is 4. The lowest BCUT2D eigenvalue weighted by molar-refractivity contribution is 0.0682. The highest BCUT2D eigenvalue weighted by atomic mass is 16.4. The SMILES string of the molecule is O=C(O)c1ccc(C(=O)O)c2c1-c1ccccc1-c1c(C(=O)O)ccc(C(=O)O)c1-c1ccccc1-2. The van der Waals surface area contributed by atoms with Crippen molar-refractivity contribution in [2.24, 2.45) is 0 Å². The number of carboxylic acids is 4. The van der Waals surface area contributed by atoms with E-state index in [1.807, 2.05) is 0 Å². The molecule has 8 heteroatoms. The summed E-state index contributed by atoms with van der Waals surface area (Å²) in [4.78, 5) is 49.3. The van der Waals surface area contributed by atoms with Crippen molar-refractivity contribution in [1.29, 1.82) is 0 Å². The standard InChI is InChI=1S/C28H16O8/c29-25(30)17-9-10-19(27(33)34)23-15-7-3-4-8-16(15)24-20(28(35)36)12-11-18(26(31)32)22(24)14-6-2-1-5-13(14)21(17)23/h1-12H,(H,29,30)(H,31,32)(H,33,34)(H,35,36). The Labute approximate surface area is 203 Å². The zero-order valence-corrected chi connectivity index (χ0v) is 18.4. The van der Waals surface area contributed by atoms with Crippen molar-refractivity contribution < 1.29 is 39.6 Å². The molecular weight excluding hydrogens is 464 g/mol. The van der Waals surface area contributed by atoms with Gasteiger partial charge in [-0.15, -0.1) is 0 Å². The van der Waals surface area contributed by atoms with E-state index in [0.29, 0.717) is 0 Å². The normalized spacial score (nSPS) is 11.1. The van der Waals surface area contributed by atoms with Gasteiger partial charge in [0.2, 0.25) is 0 Å². The van der Waals surface area contributed by atoms with Gasteiger partial charge >= 0.3 is 23.9 Å². The molecule has 0 unspecified atom stereocenters. The average molecular weight is 480 g/mol. The molecule has 0 heterocycles. The predicted molar refractivity (Wildman–Crippen MR) is 130 cm³/mol.